The van der Waals surface area contributed by atoms with Gasteiger partial charge in [-0.25, -0.2) is 9.55 Å². The topological polar surface area (TPSA) is 32.6 Å². The van der Waals surface area contributed by atoms with Crippen LogP contribution >= 0.6 is 0 Å². The summed E-state index contributed by atoms with van der Waals surface area (Å²) in [5.74, 6) is 0. The Hall–Kier alpha value is -0.910. The SMILES string of the molecule is CCCCCCCCCCCC[n+]1cccc(C)c1.[I-].c1c[nH]cn1. The Morgan fingerprint density at radius 3 is 2.08 bits per heavy atom. The van der Waals surface area contributed by atoms with Crippen molar-refractivity contribution in [2.75, 3.05) is 0 Å². The van der Waals surface area contributed by atoms with Crippen molar-refractivity contribution in [1.82, 2.24) is 9.97 Å². The molecule has 0 amide bonds. The van der Waals surface area contributed by atoms with E-state index in [4.69, 9.17) is 0 Å². The molecule has 4 heteroatoms. The summed E-state index contributed by atoms with van der Waals surface area (Å²) in [6, 6.07) is 4.31. The van der Waals surface area contributed by atoms with Gasteiger partial charge in [0.15, 0.2) is 12.4 Å². The van der Waals surface area contributed by atoms with E-state index in [9.17, 15) is 0 Å². The third-order valence-electron chi connectivity index (χ3n) is 4.18. The van der Waals surface area contributed by atoms with Crippen molar-refractivity contribution in [3.8, 4) is 0 Å². The number of imidazole rings is 1. The van der Waals surface area contributed by atoms with Gasteiger partial charge < -0.3 is 29.0 Å². The molecule has 25 heavy (non-hydrogen) atoms. The number of halogens is 1. The van der Waals surface area contributed by atoms with Crippen molar-refractivity contribution in [2.24, 2.45) is 0 Å². The van der Waals surface area contributed by atoms with E-state index in [0.29, 0.717) is 0 Å². The van der Waals surface area contributed by atoms with Gasteiger partial charge in [0.1, 0.15) is 6.54 Å². The van der Waals surface area contributed by atoms with E-state index in [1.165, 1.54) is 76.3 Å². The average molecular weight is 457 g/mol. The van der Waals surface area contributed by atoms with E-state index in [1.54, 1.807) is 18.7 Å². The number of pyridine rings is 1. The molecule has 0 saturated carbocycles. The van der Waals surface area contributed by atoms with Crippen LogP contribution in [0.1, 0.15) is 76.7 Å². The summed E-state index contributed by atoms with van der Waals surface area (Å²) in [6.45, 7) is 5.62. The number of aromatic nitrogens is 3. The van der Waals surface area contributed by atoms with E-state index in [2.05, 4.69) is 52.9 Å². The van der Waals surface area contributed by atoms with E-state index in [-0.39, 0.29) is 24.0 Å². The van der Waals surface area contributed by atoms with Gasteiger partial charge in [-0.15, -0.1) is 0 Å². The van der Waals surface area contributed by atoms with Gasteiger partial charge in [0.05, 0.1) is 6.33 Å². The number of rotatable bonds is 11. The Morgan fingerprint density at radius 2 is 1.60 bits per heavy atom. The fourth-order valence-electron chi connectivity index (χ4n) is 2.79. The Balaban J connectivity index is 0.000000820. The summed E-state index contributed by atoms with van der Waals surface area (Å²) in [5.41, 5.74) is 1.36. The molecular weight excluding hydrogens is 421 g/mol. The quantitative estimate of drug-likeness (QED) is 0.314. The van der Waals surface area contributed by atoms with Crippen LogP contribution in [0.5, 0.6) is 0 Å². The zero-order valence-corrected chi connectivity index (χ0v) is 18.2. The Morgan fingerprint density at radius 1 is 0.960 bits per heavy atom. The molecule has 0 aliphatic heterocycles. The molecule has 0 unspecified atom stereocenters. The second kappa shape index (κ2) is 17.9. The molecule has 0 aromatic carbocycles. The van der Waals surface area contributed by atoms with Crippen LogP contribution in [0.2, 0.25) is 0 Å². The highest BCUT2D eigenvalue weighted by molar-refractivity contribution is 5.01. The average Bonchev–Trinajstić information content (AvgIpc) is 3.16. The van der Waals surface area contributed by atoms with E-state index < -0.39 is 0 Å². The molecule has 0 aliphatic carbocycles. The summed E-state index contributed by atoms with van der Waals surface area (Å²) in [6.07, 6.45) is 23.6. The molecule has 2 rings (SSSR count). The summed E-state index contributed by atoms with van der Waals surface area (Å²) in [4.78, 5) is 6.42. The number of unbranched alkanes of at least 4 members (excludes halogenated alkanes) is 9. The predicted octanol–water partition coefficient (Wildman–Crippen LogP) is 2.62. The molecule has 2 aromatic heterocycles. The maximum absolute atomic E-state index is 3.67. The smallest absolute Gasteiger partial charge is 0.171 e. The van der Waals surface area contributed by atoms with Gasteiger partial charge in [0.2, 0.25) is 0 Å². The third-order valence-corrected chi connectivity index (χ3v) is 4.18. The van der Waals surface area contributed by atoms with Gasteiger partial charge in [0, 0.05) is 30.4 Å². The van der Waals surface area contributed by atoms with Crippen molar-refractivity contribution in [3.63, 3.8) is 0 Å². The lowest BCUT2D eigenvalue weighted by Crippen LogP contribution is -3.00. The highest BCUT2D eigenvalue weighted by atomic mass is 127. The molecule has 142 valence electrons. The minimum absolute atomic E-state index is 0. The molecule has 0 bridgehead atoms. The monoisotopic (exact) mass is 457 g/mol. The van der Waals surface area contributed by atoms with Gasteiger partial charge in [-0.2, -0.15) is 0 Å². The van der Waals surface area contributed by atoms with Crippen molar-refractivity contribution in [3.05, 3.63) is 48.8 Å². The fourth-order valence-corrected chi connectivity index (χ4v) is 2.79. The van der Waals surface area contributed by atoms with Crippen LogP contribution in [-0.2, 0) is 6.54 Å². The van der Waals surface area contributed by atoms with Crippen LogP contribution in [0.25, 0.3) is 0 Å². The van der Waals surface area contributed by atoms with Crippen LogP contribution in [-0.4, -0.2) is 9.97 Å². The normalized spacial score (nSPS) is 9.84. The van der Waals surface area contributed by atoms with Crippen LogP contribution in [0, 0.1) is 6.92 Å². The Bertz CT molecular complexity index is 468. The van der Waals surface area contributed by atoms with Crippen molar-refractivity contribution in [1.29, 1.82) is 0 Å². The molecule has 0 aliphatic rings. The number of nitrogens with zero attached hydrogens (tertiary/aromatic N) is 2. The summed E-state index contributed by atoms with van der Waals surface area (Å²) < 4.78 is 2.32. The van der Waals surface area contributed by atoms with Crippen molar-refractivity contribution < 1.29 is 28.5 Å². The van der Waals surface area contributed by atoms with E-state index in [1.807, 2.05) is 0 Å². The Labute approximate surface area is 171 Å². The largest absolute Gasteiger partial charge is 1.00 e. The number of hydrogen-bond donors (Lipinski definition) is 1. The molecule has 0 fully saturated rings. The highest BCUT2D eigenvalue weighted by Gasteiger charge is 1.99. The second-order valence-electron chi connectivity index (χ2n) is 6.56. The molecular formula is C21H36IN3. The lowest BCUT2D eigenvalue weighted by molar-refractivity contribution is -0.697. The van der Waals surface area contributed by atoms with Crippen molar-refractivity contribution in [2.45, 2.75) is 84.6 Å². The van der Waals surface area contributed by atoms with E-state index in [0.717, 1.165) is 0 Å². The van der Waals surface area contributed by atoms with Crippen LogP contribution in [0.4, 0.5) is 0 Å². The number of aryl methyl sites for hydroxylation is 2. The first-order valence-electron chi connectivity index (χ1n) is 9.71. The van der Waals surface area contributed by atoms with E-state index >= 15 is 0 Å². The first-order chi connectivity index (χ1) is 11.8. The second-order valence-corrected chi connectivity index (χ2v) is 6.56. The van der Waals surface area contributed by atoms with Gasteiger partial charge >= 0.3 is 0 Å². The highest BCUT2D eigenvalue weighted by Crippen LogP contribution is 2.10. The Kier molecular flexibility index (Phi) is 17.2. The molecule has 2 heterocycles. The molecule has 0 spiro atoms. The summed E-state index contributed by atoms with van der Waals surface area (Å²) in [7, 11) is 0. The predicted molar refractivity (Wildman–Crippen MR) is 102 cm³/mol. The standard InChI is InChI=1S/C18H32N.C3H4N2.HI/c1-3-4-5-6-7-8-9-10-11-12-15-19-16-13-14-18(2)17-19;1-2-5-3-4-1;/h13-14,16-17H,3-12,15H2,1-2H3;1-3H,(H,4,5);1H/q+1;;/p-1. The van der Waals surface area contributed by atoms with Gasteiger partial charge in [0.25, 0.3) is 0 Å². The van der Waals surface area contributed by atoms with Gasteiger partial charge in [-0.3, -0.25) is 0 Å². The first-order valence-corrected chi connectivity index (χ1v) is 9.71. The van der Waals surface area contributed by atoms with Crippen LogP contribution in [0.15, 0.2) is 43.2 Å². The minimum atomic E-state index is 0. The maximum Gasteiger partial charge on any atom is 0.171 e. The molecule has 1 N–H and O–H groups in total. The molecule has 0 saturated heterocycles. The summed E-state index contributed by atoms with van der Waals surface area (Å²) >= 11 is 0. The maximum atomic E-state index is 3.67. The summed E-state index contributed by atoms with van der Waals surface area (Å²) in [5, 5.41) is 0. The zero-order chi connectivity index (χ0) is 17.3. The van der Waals surface area contributed by atoms with Crippen LogP contribution < -0.4 is 28.5 Å². The number of H-pyrrole nitrogens is 1. The number of hydrogen-bond acceptors (Lipinski definition) is 1. The van der Waals surface area contributed by atoms with Crippen molar-refractivity contribution >= 4 is 0 Å². The number of nitrogens with one attached hydrogen (secondary N) is 1. The minimum Gasteiger partial charge on any atom is -1.00 e. The lowest BCUT2D eigenvalue weighted by Gasteiger charge is -2.01. The third kappa shape index (κ3) is 15.1. The number of aromatic amines is 1. The fraction of sp³-hybridized carbons (Fsp3) is 0.619. The molecule has 0 atom stereocenters. The molecule has 3 nitrogen and oxygen atoms in total. The first kappa shape index (κ1) is 24.1. The molecule has 0 radical (unpaired) electrons. The van der Waals surface area contributed by atoms with Gasteiger partial charge in [-0.1, -0.05) is 58.3 Å². The lowest BCUT2D eigenvalue weighted by atomic mass is 10.1. The zero-order valence-electron chi connectivity index (χ0n) is 16.1. The van der Waals surface area contributed by atoms with Crippen LogP contribution in [0.3, 0.4) is 0 Å². The molecule has 2 aromatic rings. The van der Waals surface area contributed by atoms with Gasteiger partial charge in [-0.05, 0) is 19.4 Å².